The molecule has 2 aromatic rings. The van der Waals surface area contributed by atoms with Crippen LogP contribution in [0.4, 0.5) is 8.78 Å². The van der Waals surface area contributed by atoms with Gasteiger partial charge in [-0.25, -0.2) is 8.78 Å². The fraction of sp³-hybridized carbons (Fsp3) is 0.500. The van der Waals surface area contributed by atoms with Crippen molar-refractivity contribution in [2.45, 2.75) is 71.6 Å². The van der Waals surface area contributed by atoms with Crippen molar-refractivity contribution in [2.75, 3.05) is 32.7 Å². The van der Waals surface area contributed by atoms with Crippen molar-refractivity contribution in [3.05, 3.63) is 94.6 Å². The summed E-state index contributed by atoms with van der Waals surface area (Å²) in [6.45, 7) is 9.67. The third kappa shape index (κ3) is 8.87. The maximum Gasteiger partial charge on any atom is 0.249 e. The number of nitrogens with two attached hydrogens (primary N) is 1. The molecule has 2 aliphatic rings. The molecular weight excluding hydrogens is 574 g/mol. The zero-order valence-corrected chi connectivity index (χ0v) is 26.8. The minimum Gasteiger partial charge on any atom is -0.391 e. The number of rotatable bonds is 15. The van der Waals surface area contributed by atoms with Gasteiger partial charge in [-0.3, -0.25) is 14.5 Å². The molecule has 1 aliphatic heterocycles. The standard InChI is InChI=1S/C36H48F2N4O3/c1-4-12-42(13-5-2)34(44)28-15-25(3)20-36(21-28,35(39)45)32(18-27-16-29(37)19-30(38)17-27)33(43)22-40-31-11-14-41(24-31)23-26-9-7-6-8-10-26/h6-10,15-17,19-20,31-33,40,43H,4-5,11-14,18,21-24H2,1-3H3,(H2,39,45)/t31?,32-,33+,36?/m1/s1. The van der Waals surface area contributed by atoms with E-state index in [4.69, 9.17) is 5.73 Å². The minimum atomic E-state index is -1.45. The van der Waals surface area contributed by atoms with Gasteiger partial charge in [-0.15, -0.1) is 0 Å². The fourth-order valence-electron chi connectivity index (χ4n) is 6.97. The molecule has 0 bridgehead atoms. The molecular formula is C36H48F2N4O3. The maximum absolute atomic E-state index is 14.3. The molecule has 244 valence electrons. The van der Waals surface area contributed by atoms with E-state index >= 15 is 0 Å². The predicted octanol–water partition coefficient (Wildman–Crippen LogP) is 4.75. The number of allylic oxidation sites excluding steroid dienone is 2. The molecule has 1 fully saturated rings. The number of hydrogen-bond acceptors (Lipinski definition) is 5. The molecule has 1 aliphatic carbocycles. The largest absolute Gasteiger partial charge is 0.391 e. The fourth-order valence-corrected chi connectivity index (χ4v) is 6.97. The lowest BCUT2D eigenvalue weighted by atomic mass is 9.63. The van der Waals surface area contributed by atoms with Gasteiger partial charge in [0.2, 0.25) is 11.8 Å². The number of aliphatic hydroxyl groups is 1. The number of carbonyl (C=O) groups is 2. The lowest BCUT2D eigenvalue weighted by molar-refractivity contribution is -0.132. The van der Waals surface area contributed by atoms with Crippen LogP contribution in [0.25, 0.3) is 0 Å². The monoisotopic (exact) mass is 622 g/mol. The van der Waals surface area contributed by atoms with Gasteiger partial charge in [0.05, 0.1) is 11.5 Å². The summed E-state index contributed by atoms with van der Waals surface area (Å²) >= 11 is 0. The second kappa shape index (κ2) is 15.7. The first kappa shape index (κ1) is 34.5. The predicted molar refractivity (Wildman–Crippen MR) is 173 cm³/mol. The summed E-state index contributed by atoms with van der Waals surface area (Å²) in [5.41, 5.74) is 7.37. The van der Waals surface area contributed by atoms with E-state index in [0.717, 1.165) is 45.0 Å². The summed E-state index contributed by atoms with van der Waals surface area (Å²) in [5.74, 6) is -3.19. The Hall–Kier alpha value is -3.40. The van der Waals surface area contributed by atoms with Gasteiger partial charge in [0, 0.05) is 62.9 Å². The van der Waals surface area contributed by atoms with Crippen LogP contribution in [0.1, 0.15) is 57.6 Å². The van der Waals surface area contributed by atoms with Crippen molar-refractivity contribution in [2.24, 2.45) is 17.1 Å². The number of hydrogen-bond donors (Lipinski definition) is 3. The van der Waals surface area contributed by atoms with Gasteiger partial charge in [-0.05, 0) is 62.3 Å². The van der Waals surface area contributed by atoms with Crippen molar-refractivity contribution in [1.82, 2.24) is 15.1 Å². The summed E-state index contributed by atoms with van der Waals surface area (Å²) in [5, 5.41) is 15.3. The van der Waals surface area contributed by atoms with Crippen LogP contribution in [0, 0.1) is 23.0 Å². The number of aliphatic hydroxyl groups excluding tert-OH is 1. The molecule has 2 unspecified atom stereocenters. The Labute approximate surface area is 266 Å². The molecule has 2 aromatic carbocycles. The lowest BCUT2D eigenvalue weighted by Crippen LogP contribution is -2.52. The third-order valence-corrected chi connectivity index (χ3v) is 9.02. The Bertz CT molecular complexity index is 1360. The maximum atomic E-state index is 14.3. The van der Waals surface area contributed by atoms with Gasteiger partial charge >= 0.3 is 0 Å². The number of halogens is 2. The van der Waals surface area contributed by atoms with E-state index in [1.54, 1.807) is 24.0 Å². The topological polar surface area (TPSA) is 98.9 Å². The van der Waals surface area contributed by atoms with E-state index in [0.29, 0.717) is 29.8 Å². The second-order valence-corrected chi connectivity index (χ2v) is 12.7. The Morgan fingerprint density at radius 3 is 2.38 bits per heavy atom. The first-order valence-corrected chi connectivity index (χ1v) is 16.2. The van der Waals surface area contributed by atoms with Crippen molar-refractivity contribution in [3.63, 3.8) is 0 Å². The number of benzene rings is 2. The molecule has 0 radical (unpaired) electrons. The average molecular weight is 623 g/mol. The first-order chi connectivity index (χ1) is 21.5. The summed E-state index contributed by atoms with van der Waals surface area (Å²) < 4.78 is 28.6. The Kier molecular flexibility index (Phi) is 12.1. The van der Waals surface area contributed by atoms with Crippen molar-refractivity contribution < 1.29 is 23.5 Å². The number of nitrogens with zero attached hydrogens (tertiary/aromatic N) is 2. The quantitative estimate of drug-likeness (QED) is 0.267. The normalized spacial score (nSPS) is 21.6. The van der Waals surface area contributed by atoms with Crippen LogP contribution in [0.15, 0.2) is 71.8 Å². The summed E-state index contributed by atoms with van der Waals surface area (Å²) in [4.78, 5) is 31.4. The second-order valence-electron chi connectivity index (χ2n) is 12.7. The van der Waals surface area contributed by atoms with Gasteiger partial charge in [0.25, 0.3) is 0 Å². The van der Waals surface area contributed by atoms with Crippen LogP contribution in [-0.2, 0) is 22.6 Å². The Morgan fingerprint density at radius 1 is 1.09 bits per heavy atom. The van der Waals surface area contributed by atoms with Crippen LogP contribution in [0.2, 0.25) is 0 Å². The smallest absolute Gasteiger partial charge is 0.249 e. The zero-order chi connectivity index (χ0) is 32.6. The summed E-state index contributed by atoms with van der Waals surface area (Å²) in [6.07, 6.45) is 4.87. The van der Waals surface area contributed by atoms with Gasteiger partial charge in [0.15, 0.2) is 0 Å². The van der Waals surface area contributed by atoms with Crippen LogP contribution < -0.4 is 11.1 Å². The zero-order valence-electron chi connectivity index (χ0n) is 26.8. The van der Waals surface area contributed by atoms with Gasteiger partial charge in [0.1, 0.15) is 11.6 Å². The third-order valence-electron chi connectivity index (χ3n) is 9.02. The van der Waals surface area contributed by atoms with E-state index in [1.165, 1.54) is 17.7 Å². The molecule has 0 aromatic heterocycles. The first-order valence-electron chi connectivity index (χ1n) is 16.2. The number of nitrogens with one attached hydrogen (secondary N) is 1. The molecule has 0 spiro atoms. The number of carbonyl (C=O) groups excluding carboxylic acids is 2. The van der Waals surface area contributed by atoms with Crippen LogP contribution >= 0.6 is 0 Å². The van der Waals surface area contributed by atoms with Gasteiger partial charge in [-0.1, -0.05) is 61.9 Å². The van der Waals surface area contributed by atoms with Crippen LogP contribution in [-0.4, -0.2) is 71.6 Å². The SMILES string of the molecule is CCCN(CCC)C(=O)C1=CC(C)=CC(C(N)=O)([C@H](Cc2cc(F)cc(F)c2)[C@@H](O)CNC2CCN(Cc3ccccc3)C2)C1. The molecule has 1 heterocycles. The lowest BCUT2D eigenvalue weighted by Gasteiger charge is -2.42. The number of amides is 2. The molecule has 9 heteroatoms. The van der Waals surface area contributed by atoms with Gasteiger partial charge in [-0.2, -0.15) is 0 Å². The number of primary amides is 1. The average Bonchev–Trinajstić information content (AvgIpc) is 3.44. The molecule has 1 saturated heterocycles. The molecule has 0 saturated carbocycles. The Balaban J connectivity index is 1.59. The van der Waals surface area contributed by atoms with Gasteiger partial charge < -0.3 is 21.1 Å². The van der Waals surface area contributed by atoms with Crippen molar-refractivity contribution >= 4 is 11.8 Å². The van der Waals surface area contributed by atoms with E-state index in [2.05, 4.69) is 22.3 Å². The molecule has 45 heavy (non-hydrogen) atoms. The highest BCUT2D eigenvalue weighted by molar-refractivity contribution is 5.97. The summed E-state index contributed by atoms with van der Waals surface area (Å²) in [6, 6.07) is 13.6. The Morgan fingerprint density at radius 2 is 1.76 bits per heavy atom. The highest BCUT2D eigenvalue weighted by atomic mass is 19.1. The highest BCUT2D eigenvalue weighted by Gasteiger charge is 2.48. The molecule has 2 amide bonds. The minimum absolute atomic E-state index is 0.00373. The van der Waals surface area contributed by atoms with E-state index in [-0.39, 0.29) is 31.3 Å². The summed E-state index contributed by atoms with van der Waals surface area (Å²) in [7, 11) is 0. The van der Waals surface area contributed by atoms with Crippen molar-refractivity contribution in [3.8, 4) is 0 Å². The van der Waals surface area contributed by atoms with Crippen molar-refractivity contribution in [1.29, 1.82) is 0 Å². The van der Waals surface area contributed by atoms with E-state index in [1.807, 2.05) is 32.0 Å². The highest BCUT2D eigenvalue weighted by Crippen LogP contribution is 2.44. The number of likely N-dealkylation sites (tertiary alicyclic amines) is 1. The van der Waals surface area contributed by atoms with Crippen LogP contribution in [0.3, 0.4) is 0 Å². The van der Waals surface area contributed by atoms with Crippen LogP contribution in [0.5, 0.6) is 0 Å². The molecule has 7 nitrogen and oxygen atoms in total. The molecule has 4 N–H and O–H groups in total. The van der Waals surface area contributed by atoms with E-state index < -0.39 is 35.0 Å². The molecule has 4 rings (SSSR count). The molecule has 4 atom stereocenters. The van der Waals surface area contributed by atoms with E-state index in [9.17, 15) is 23.5 Å².